The van der Waals surface area contributed by atoms with Gasteiger partial charge in [-0.1, -0.05) is 51.8 Å². The number of carbonyl (C=O) groups is 3. The summed E-state index contributed by atoms with van der Waals surface area (Å²) in [6.45, 7) is 10.1. The second-order valence-corrected chi connectivity index (χ2v) is 8.11. The molecule has 1 saturated heterocycles. The number of amides is 4. The molecule has 4 amide bonds. The molecule has 3 atom stereocenters. The number of piperazine rings is 1. The predicted octanol–water partition coefficient (Wildman–Crippen LogP) is 2.87. The predicted molar refractivity (Wildman–Crippen MR) is 118 cm³/mol. The highest BCUT2D eigenvalue weighted by Gasteiger charge is 2.35. The fourth-order valence-electron chi connectivity index (χ4n) is 3.63. The molecule has 7 nitrogen and oxygen atoms in total. The van der Waals surface area contributed by atoms with Crippen molar-refractivity contribution in [3.05, 3.63) is 35.9 Å². The van der Waals surface area contributed by atoms with Crippen LogP contribution in [0.4, 0.5) is 4.79 Å². The van der Waals surface area contributed by atoms with Gasteiger partial charge in [-0.3, -0.25) is 9.59 Å². The molecule has 2 rings (SSSR count). The first-order valence-corrected chi connectivity index (χ1v) is 11.1. The first-order valence-electron chi connectivity index (χ1n) is 11.1. The maximum absolute atomic E-state index is 13.3. The molecule has 1 aromatic carbocycles. The van der Waals surface area contributed by atoms with Crippen LogP contribution >= 0.6 is 0 Å². The highest BCUT2D eigenvalue weighted by atomic mass is 16.2. The second-order valence-electron chi connectivity index (χ2n) is 8.11. The van der Waals surface area contributed by atoms with Gasteiger partial charge in [0.15, 0.2) is 0 Å². The molecule has 166 valence electrons. The first-order chi connectivity index (χ1) is 14.4. The first kappa shape index (κ1) is 23.7. The minimum Gasteiger partial charge on any atom is -0.340 e. The summed E-state index contributed by atoms with van der Waals surface area (Å²) in [6.07, 6.45) is 2.76. The van der Waals surface area contributed by atoms with Gasteiger partial charge in [-0.25, -0.2) is 4.79 Å². The molecule has 1 fully saturated rings. The van der Waals surface area contributed by atoms with E-state index in [9.17, 15) is 14.4 Å². The van der Waals surface area contributed by atoms with Crippen molar-refractivity contribution in [1.29, 1.82) is 0 Å². The zero-order chi connectivity index (χ0) is 22.1. The lowest BCUT2D eigenvalue weighted by molar-refractivity contribution is -0.136. The van der Waals surface area contributed by atoms with Crippen LogP contribution in [0.1, 0.15) is 57.3 Å². The fraction of sp³-hybridized carbons (Fsp3) is 0.609. The van der Waals surface area contributed by atoms with Gasteiger partial charge in [0.1, 0.15) is 6.04 Å². The van der Waals surface area contributed by atoms with Gasteiger partial charge in [0, 0.05) is 37.8 Å². The number of carbonyl (C=O) groups excluding carboxylic acids is 3. The third-order valence-corrected chi connectivity index (χ3v) is 5.81. The van der Waals surface area contributed by atoms with Crippen molar-refractivity contribution < 1.29 is 14.4 Å². The summed E-state index contributed by atoms with van der Waals surface area (Å²) < 4.78 is 0. The number of hydrogen-bond donors (Lipinski definition) is 2. The van der Waals surface area contributed by atoms with E-state index in [0.29, 0.717) is 31.7 Å². The Morgan fingerprint density at radius 2 is 1.83 bits per heavy atom. The van der Waals surface area contributed by atoms with Gasteiger partial charge in [-0.15, -0.1) is 0 Å². The number of nitrogens with one attached hydrogen (secondary N) is 2. The van der Waals surface area contributed by atoms with Crippen LogP contribution in [-0.2, 0) is 4.79 Å². The summed E-state index contributed by atoms with van der Waals surface area (Å²) in [7, 11) is 0. The molecule has 2 N–H and O–H groups in total. The van der Waals surface area contributed by atoms with Gasteiger partial charge in [0.05, 0.1) is 0 Å². The Hall–Kier alpha value is -2.57. The van der Waals surface area contributed by atoms with E-state index in [-0.39, 0.29) is 29.8 Å². The number of rotatable bonds is 8. The number of nitrogens with zero attached hydrogens (tertiary/aromatic N) is 2. The maximum Gasteiger partial charge on any atom is 0.317 e. The third-order valence-electron chi connectivity index (χ3n) is 5.81. The smallest absolute Gasteiger partial charge is 0.317 e. The van der Waals surface area contributed by atoms with Crippen LogP contribution in [0, 0.1) is 5.92 Å². The summed E-state index contributed by atoms with van der Waals surface area (Å²) in [6, 6.07) is 8.22. The van der Waals surface area contributed by atoms with E-state index in [4.69, 9.17) is 0 Å². The maximum atomic E-state index is 13.3. The van der Waals surface area contributed by atoms with Crippen molar-refractivity contribution in [2.45, 2.75) is 59.0 Å². The molecule has 0 spiro atoms. The molecule has 0 aliphatic carbocycles. The Labute approximate surface area is 180 Å². The van der Waals surface area contributed by atoms with E-state index >= 15 is 0 Å². The standard InChI is InChI=1S/C23H36N4O3/c1-5-7-13-24-23(30)27-15-14-26(16-18(27)4)22(29)20(17(3)6-2)25-21(28)19-11-9-8-10-12-19/h8-12,17-18,20H,5-7,13-16H2,1-4H3,(H,24,30)(H,25,28)/t17-,18+,20+/m0/s1. The van der Waals surface area contributed by atoms with Crippen LogP contribution in [-0.4, -0.2) is 65.9 Å². The minimum absolute atomic E-state index is 0.0100. The van der Waals surface area contributed by atoms with E-state index in [1.165, 1.54) is 0 Å². The highest BCUT2D eigenvalue weighted by Crippen LogP contribution is 2.16. The van der Waals surface area contributed by atoms with Gasteiger partial charge in [0.2, 0.25) is 5.91 Å². The molecule has 1 aromatic rings. The molecule has 1 heterocycles. The Bertz CT molecular complexity index is 710. The summed E-state index contributed by atoms with van der Waals surface area (Å²) in [4.78, 5) is 41.9. The lowest BCUT2D eigenvalue weighted by Crippen LogP contribution is -2.61. The normalized spacial score (nSPS) is 18.5. The molecule has 1 aliphatic rings. The van der Waals surface area contributed by atoms with Crippen molar-refractivity contribution in [2.24, 2.45) is 5.92 Å². The number of unbranched alkanes of at least 4 members (excludes halogenated alkanes) is 1. The van der Waals surface area contributed by atoms with E-state index in [1.807, 2.05) is 26.8 Å². The number of urea groups is 1. The van der Waals surface area contributed by atoms with Gasteiger partial charge in [0.25, 0.3) is 5.91 Å². The Morgan fingerprint density at radius 3 is 2.43 bits per heavy atom. The minimum atomic E-state index is -0.583. The zero-order valence-corrected chi connectivity index (χ0v) is 18.7. The van der Waals surface area contributed by atoms with Gasteiger partial charge in [-0.05, 0) is 31.4 Å². The molecule has 7 heteroatoms. The van der Waals surface area contributed by atoms with Gasteiger partial charge >= 0.3 is 6.03 Å². The summed E-state index contributed by atoms with van der Waals surface area (Å²) in [5.74, 6) is -0.307. The largest absolute Gasteiger partial charge is 0.340 e. The SMILES string of the molecule is CCCCNC(=O)N1CCN(C(=O)[C@H](NC(=O)c2ccccc2)[C@@H](C)CC)C[C@H]1C. The van der Waals surface area contributed by atoms with E-state index in [0.717, 1.165) is 19.3 Å². The molecule has 1 aliphatic heterocycles. The molecule has 0 unspecified atom stereocenters. The van der Waals surface area contributed by atoms with Crippen molar-refractivity contribution >= 4 is 17.8 Å². The molecular formula is C23H36N4O3. The summed E-state index contributed by atoms with van der Waals surface area (Å²) in [5, 5.41) is 5.89. The average molecular weight is 417 g/mol. The molecule has 0 bridgehead atoms. The van der Waals surface area contributed by atoms with Crippen LogP contribution in [0.2, 0.25) is 0 Å². The van der Waals surface area contributed by atoms with Gasteiger partial charge in [-0.2, -0.15) is 0 Å². The van der Waals surface area contributed by atoms with Gasteiger partial charge < -0.3 is 20.4 Å². The van der Waals surface area contributed by atoms with Crippen LogP contribution in [0.3, 0.4) is 0 Å². The molecule has 30 heavy (non-hydrogen) atoms. The Kier molecular flexibility index (Phi) is 9.15. The average Bonchev–Trinajstić information content (AvgIpc) is 2.76. The van der Waals surface area contributed by atoms with Crippen LogP contribution in [0.25, 0.3) is 0 Å². The quantitative estimate of drug-likeness (QED) is 0.640. The lowest BCUT2D eigenvalue weighted by Gasteiger charge is -2.41. The third kappa shape index (κ3) is 6.21. The Morgan fingerprint density at radius 1 is 1.13 bits per heavy atom. The molecule has 0 saturated carbocycles. The van der Waals surface area contributed by atoms with Crippen LogP contribution < -0.4 is 10.6 Å². The van der Waals surface area contributed by atoms with Crippen LogP contribution in [0.15, 0.2) is 30.3 Å². The zero-order valence-electron chi connectivity index (χ0n) is 18.7. The van der Waals surface area contributed by atoms with Crippen molar-refractivity contribution in [1.82, 2.24) is 20.4 Å². The van der Waals surface area contributed by atoms with E-state index in [2.05, 4.69) is 17.6 Å². The summed E-state index contributed by atoms with van der Waals surface area (Å²) >= 11 is 0. The monoisotopic (exact) mass is 416 g/mol. The fourth-order valence-corrected chi connectivity index (χ4v) is 3.63. The number of benzene rings is 1. The van der Waals surface area contributed by atoms with E-state index in [1.54, 1.807) is 34.1 Å². The van der Waals surface area contributed by atoms with Crippen LogP contribution in [0.5, 0.6) is 0 Å². The molecular weight excluding hydrogens is 380 g/mol. The molecule has 0 radical (unpaired) electrons. The summed E-state index contributed by atoms with van der Waals surface area (Å²) in [5.41, 5.74) is 0.542. The highest BCUT2D eigenvalue weighted by molar-refractivity contribution is 5.97. The Balaban J connectivity index is 2.01. The lowest BCUT2D eigenvalue weighted by atomic mass is 9.96. The van der Waals surface area contributed by atoms with Crippen molar-refractivity contribution in [3.63, 3.8) is 0 Å². The number of hydrogen-bond acceptors (Lipinski definition) is 3. The molecule has 0 aromatic heterocycles. The van der Waals surface area contributed by atoms with E-state index < -0.39 is 6.04 Å². The topological polar surface area (TPSA) is 81.8 Å². The van der Waals surface area contributed by atoms with Crippen molar-refractivity contribution in [3.8, 4) is 0 Å². The second kappa shape index (κ2) is 11.6. The van der Waals surface area contributed by atoms with Crippen molar-refractivity contribution in [2.75, 3.05) is 26.2 Å².